The van der Waals surface area contributed by atoms with E-state index in [-0.39, 0.29) is 11.9 Å². The van der Waals surface area contributed by atoms with E-state index in [4.69, 9.17) is 0 Å². The summed E-state index contributed by atoms with van der Waals surface area (Å²) in [6.07, 6.45) is 0.379. The molecule has 0 saturated heterocycles. The molecule has 0 radical (unpaired) electrons. The van der Waals surface area contributed by atoms with Gasteiger partial charge in [0.15, 0.2) is 5.78 Å². The molecule has 0 aliphatic heterocycles. The number of nitrogens with zero attached hydrogens (tertiary/aromatic N) is 1. The number of rotatable bonds is 6. The van der Waals surface area contributed by atoms with E-state index in [9.17, 15) is 9.90 Å². The van der Waals surface area contributed by atoms with Crippen molar-refractivity contribution in [3.8, 4) is 0 Å². The summed E-state index contributed by atoms with van der Waals surface area (Å²) in [6.45, 7) is 4.89. The maximum absolute atomic E-state index is 11.9. The SMILES string of the molecule is Cc1ccc(C(=O)CN(C)CCC(C)O)cc1. The minimum atomic E-state index is -0.313. The number of carbonyl (C=O) groups is 1. The second kappa shape index (κ2) is 6.52. The lowest BCUT2D eigenvalue weighted by atomic mass is 10.1. The topological polar surface area (TPSA) is 40.5 Å². The molecule has 0 saturated carbocycles. The molecule has 0 aliphatic carbocycles. The number of hydrogen-bond donors (Lipinski definition) is 1. The number of aryl methyl sites for hydroxylation is 1. The molecule has 1 rings (SSSR count). The van der Waals surface area contributed by atoms with E-state index in [0.717, 1.165) is 17.7 Å². The van der Waals surface area contributed by atoms with Crippen LogP contribution in [0.15, 0.2) is 24.3 Å². The maximum Gasteiger partial charge on any atom is 0.176 e. The smallest absolute Gasteiger partial charge is 0.176 e. The Labute approximate surface area is 103 Å². The van der Waals surface area contributed by atoms with Crippen molar-refractivity contribution < 1.29 is 9.90 Å². The highest BCUT2D eigenvalue weighted by atomic mass is 16.3. The van der Waals surface area contributed by atoms with Crippen LogP contribution in [0.4, 0.5) is 0 Å². The van der Waals surface area contributed by atoms with Crippen LogP contribution in [0.1, 0.15) is 29.3 Å². The predicted octanol–water partition coefficient (Wildman–Crippen LogP) is 1.88. The zero-order valence-corrected chi connectivity index (χ0v) is 10.8. The van der Waals surface area contributed by atoms with Crippen LogP contribution < -0.4 is 0 Å². The Bertz CT molecular complexity index is 357. The number of ketones is 1. The van der Waals surface area contributed by atoms with Crippen molar-refractivity contribution in [3.63, 3.8) is 0 Å². The molecule has 94 valence electrons. The van der Waals surface area contributed by atoms with Gasteiger partial charge in [-0.2, -0.15) is 0 Å². The van der Waals surface area contributed by atoms with Gasteiger partial charge in [-0.3, -0.25) is 9.69 Å². The Morgan fingerprint density at radius 1 is 1.35 bits per heavy atom. The summed E-state index contributed by atoms with van der Waals surface area (Å²) in [5, 5.41) is 9.17. The Morgan fingerprint density at radius 3 is 2.47 bits per heavy atom. The lowest BCUT2D eigenvalue weighted by Gasteiger charge is -2.16. The van der Waals surface area contributed by atoms with Crippen molar-refractivity contribution in [1.82, 2.24) is 4.90 Å². The molecule has 0 aliphatic rings. The van der Waals surface area contributed by atoms with Crippen LogP contribution in [0.3, 0.4) is 0 Å². The largest absolute Gasteiger partial charge is 0.393 e. The molecule has 0 spiro atoms. The average Bonchev–Trinajstić information content (AvgIpc) is 2.27. The minimum absolute atomic E-state index is 0.123. The van der Waals surface area contributed by atoms with Crippen molar-refractivity contribution >= 4 is 5.78 Å². The molecule has 3 heteroatoms. The normalized spacial score (nSPS) is 12.8. The number of Topliss-reactive ketones (excluding diaryl/α,β-unsaturated/α-hetero) is 1. The van der Waals surface area contributed by atoms with Crippen LogP contribution in [0.2, 0.25) is 0 Å². The summed E-state index contributed by atoms with van der Waals surface area (Å²) in [4.78, 5) is 13.8. The van der Waals surface area contributed by atoms with E-state index in [1.54, 1.807) is 6.92 Å². The highest BCUT2D eigenvalue weighted by Gasteiger charge is 2.09. The van der Waals surface area contributed by atoms with Gasteiger partial charge in [0.2, 0.25) is 0 Å². The molecule has 3 nitrogen and oxygen atoms in total. The number of aliphatic hydroxyl groups excluding tert-OH is 1. The molecule has 1 atom stereocenters. The first-order chi connectivity index (χ1) is 7.99. The number of aliphatic hydroxyl groups is 1. The van der Waals surface area contributed by atoms with Gasteiger partial charge in [-0.05, 0) is 27.3 Å². The fraction of sp³-hybridized carbons (Fsp3) is 0.500. The van der Waals surface area contributed by atoms with Gasteiger partial charge in [-0.15, -0.1) is 0 Å². The van der Waals surface area contributed by atoms with Crippen molar-refractivity contribution in [2.75, 3.05) is 20.1 Å². The summed E-state index contributed by atoms with van der Waals surface area (Å²) in [5.41, 5.74) is 1.91. The fourth-order valence-electron chi connectivity index (χ4n) is 1.56. The fourth-order valence-corrected chi connectivity index (χ4v) is 1.56. The lowest BCUT2D eigenvalue weighted by molar-refractivity contribution is 0.0931. The van der Waals surface area contributed by atoms with E-state index < -0.39 is 0 Å². The molecule has 17 heavy (non-hydrogen) atoms. The van der Waals surface area contributed by atoms with Gasteiger partial charge in [-0.1, -0.05) is 29.8 Å². The third-order valence-electron chi connectivity index (χ3n) is 2.72. The van der Waals surface area contributed by atoms with E-state index in [1.165, 1.54) is 0 Å². The summed E-state index contributed by atoms with van der Waals surface area (Å²) in [7, 11) is 1.90. The second-order valence-corrected chi connectivity index (χ2v) is 4.66. The Hall–Kier alpha value is -1.19. The molecule has 1 aromatic carbocycles. The molecule has 0 bridgehead atoms. The number of carbonyl (C=O) groups excluding carboxylic acids is 1. The van der Waals surface area contributed by atoms with Gasteiger partial charge in [0.1, 0.15) is 0 Å². The molecular weight excluding hydrogens is 214 g/mol. The molecule has 0 aromatic heterocycles. The third kappa shape index (κ3) is 5.11. The van der Waals surface area contributed by atoms with Gasteiger partial charge in [0, 0.05) is 12.1 Å². The second-order valence-electron chi connectivity index (χ2n) is 4.66. The summed E-state index contributed by atoms with van der Waals surface area (Å²) >= 11 is 0. The van der Waals surface area contributed by atoms with Crippen molar-refractivity contribution in [3.05, 3.63) is 35.4 Å². The summed E-state index contributed by atoms with van der Waals surface area (Å²) in [5.74, 6) is 0.123. The van der Waals surface area contributed by atoms with Crippen LogP contribution >= 0.6 is 0 Å². The molecule has 0 heterocycles. The van der Waals surface area contributed by atoms with Crippen molar-refractivity contribution in [1.29, 1.82) is 0 Å². The summed E-state index contributed by atoms with van der Waals surface area (Å²) in [6, 6.07) is 7.62. The zero-order valence-electron chi connectivity index (χ0n) is 10.8. The van der Waals surface area contributed by atoms with E-state index in [0.29, 0.717) is 13.0 Å². The first-order valence-corrected chi connectivity index (χ1v) is 5.95. The summed E-state index contributed by atoms with van der Waals surface area (Å²) < 4.78 is 0. The van der Waals surface area contributed by atoms with E-state index >= 15 is 0 Å². The van der Waals surface area contributed by atoms with Gasteiger partial charge in [0.05, 0.1) is 12.6 Å². The van der Waals surface area contributed by atoms with Gasteiger partial charge < -0.3 is 5.11 Å². The number of benzene rings is 1. The van der Waals surface area contributed by atoms with Crippen LogP contribution in [0, 0.1) is 6.92 Å². The Morgan fingerprint density at radius 2 is 1.94 bits per heavy atom. The van der Waals surface area contributed by atoms with Gasteiger partial charge in [0.25, 0.3) is 0 Å². The molecule has 1 N–H and O–H groups in total. The third-order valence-corrected chi connectivity index (χ3v) is 2.72. The molecule has 1 unspecified atom stereocenters. The standard InChI is InChI=1S/C14H21NO2/c1-11-4-6-13(7-5-11)14(17)10-15(3)9-8-12(2)16/h4-7,12,16H,8-10H2,1-3H3. The molecule has 0 fully saturated rings. The number of hydrogen-bond acceptors (Lipinski definition) is 3. The van der Waals surface area contributed by atoms with Gasteiger partial charge >= 0.3 is 0 Å². The minimum Gasteiger partial charge on any atom is -0.393 e. The van der Waals surface area contributed by atoms with Gasteiger partial charge in [-0.25, -0.2) is 0 Å². The lowest BCUT2D eigenvalue weighted by Crippen LogP contribution is -2.28. The van der Waals surface area contributed by atoms with E-state index in [2.05, 4.69) is 0 Å². The maximum atomic E-state index is 11.9. The van der Waals surface area contributed by atoms with E-state index in [1.807, 2.05) is 43.1 Å². The Balaban J connectivity index is 2.46. The predicted molar refractivity (Wildman–Crippen MR) is 69.3 cm³/mol. The first kappa shape index (κ1) is 13.9. The van der Waals surface area contributed by atoms with Crippen molar-refractivity contribution in [2.45, 2.75) is 26.4 Å². The van der Waals surface area contributed by atoms with Crippen LogP contribution in [-0.2, 0) is 0 Å². The highest BCUT2D eigenvalue weighted by molar-refractivity contribution is 5.97. The van der Waals surface area contributed by atoms with Crippen LogP contribution in [0.25, 0.3) is 0 Å². The monoisotopic (exact) mass is 235 g/mol. The van der Waals surface area contributed by atoms with Crippen LogP contribution in [-0.4, -0.2) is 42.0 Å². The quantitative estimate of drug-likeness (QED) is 0.765. The number of likely N-dealkylation sites (N-methyl/N-ethyl adjacent to an activating group) is 1. The molecule has 1 aromatic rings. The molecular formula is C14H21NO2. The van der Waals surface area contributed by atoms with Crippen molar-refractivity contribution in [2.24, 2.45) is 0 Å². The van der Waals surface area contributed by atoms with Crippen LogP contribution in [0.5, 0.6) is 0 Å². The highest BCUT2D eigenvalue weighted by Crippen LogP contribution is 2.05. The molecule has 0 amide bonds. The average molecular weight is 235 g/mol. The Kier molecular flexibility index (Phi) is 5.32. The zero-order chi connectivity index (χ0) is 12.8. The first-order valence-electron chi connectivity index (χ1n) is 5.95.